The van der Waals surface area contributed by atoms with E-state index in [0.29, 0.717) is 5.69 Å². The minimum Gasteiger partial charge on any atom is -0.495 e. The van der Waals surface area contributed by atoms with Gasteiger partial charge in [-0.1, -0.05) is 0 Å². The first-order chi connectivity index (χ1) is 9.81. The van der Waals surface area contributed by atoms with E-state index < -0.39 is 17.3 Å². The van der Waals surface area contributed by atoms with Crippen LogP contribution in [0.3, 0.4) is 0 Å². The number of anilines is 2. The number of hydrogen-bond donors (Lipinski definition) is 2. The highest BCUT2D eigenvalue weighted by molar-refractivity contribution is 5.64. The van der Waals surface area contributed by atoms with Gasteiger partial charge in [0.25, 0.3) is 5.56 Å². The molecule has 0 spiro atoms. The van der Waals surface area contributed by atoms with E-state index in [2.05, 4.69) is 15.3 Å². The Bertz CT molecular complexity index is 711. The molecule has 1 aromatic carbocycles. The molecule has 2 N–H and O–H groups in total. The van der Waals surface area contributed by atoms with Gasteiger partial charge in [-0.15, -0.1) is 0 Å². The van der Waals surface area contributed by atoms with E-state index in [-0.39, 0.29) is 17.3 Å². The first-order valence-corrected chi connectivity index (χ1v) is 5.90. The number of benzene rings is 1. The van der Waals surface area contributed by atoms with Crippen molar-refractivity contribution in [1.29, 1.82) is 0 Å². The summed E-state index contributed by atoms with van der Waals surface area (Å²) in [4.78, 5) is 18.0. The van der Waals surface area contributed by atoms with Gasteiger partial charge in [0.05, 0.1) is 24.1 Å². The van der Waals surface area contributed by atoms with Gasteiger partial charge in [-0.25, -0.2) is 4.98 Å². The smallest absolute Gasteiger partial charge is 0.416 e. The van der Waals surface area contributed by atoms with Crippen LogP contribution in [0, 0.1) is 6.92 Å². The van der Waals surface area contributed by atoms with Gasteiger partial charge in [-0.2, -0.15) is 13.2 Å². The second-order valence-electron chi connectivity index (χ2n) is 4.26. The molecule has 0 saturated carbocycles. The standard InChI is InChI=1S/C13H12F3N3O2/c1-7-6-17-12(20)11(18-7)19-9-4-3-8(13(14,15)16)5-10(9)21-2/h3-6H,1-2H3,(H,17,20)(H,18,19). The van der Waals surface area contributed by atoms with E-state index in [0.717, 1.165) is 12.1 Å². The molecule has 0 amide bonds. The van der Waals surface area contributed by atoms with Gasteiger partial charge in [-0.05, 0) is 25.1 Å². The second-order valence-corrected chi connectivity index (χ2v) is 4.26. The Morgan fingerprint density at radius 2 is 2.05 bits per heavy atom. The molecule has 0 fully saturated rings. The lowest BCUT2D eigenvalue weighted by Gasteiger charge is -2.13. The van der Waals surface area contributed by atoms with Crippen molar-refractivity contribution in [3.63, 3.8) is 0 Å². The number of aryl methyl sites for hydroxylation is 1. The Kier molecular flexibility index (Phi) is 3.88. The molecule has 5 nitrogen and oxygen atoms in total. The molecule has 0 unspecified atom stereocenters. The monoisotopic (exact) mass is 299 g/mol. The third-order valence-electron chi connectivity index (χ3n) is 2.70. The van der Waals surface area contributed by atoms with Crippen molar-refractivity contribution in [3.8, 4) is 5.75 Å². The van der Waals surface area contributed by atoms with Gasteiger partial charge < -0.3 is 15.0 Å². The molecule has 21 heavy (non-hydrogen) atoms. The number of nitrogens with one attached hydrogen (secondary N) is 2. The number of ether oxygens (including phenoxy) is 1. The van der Waals surface area contributed by atoms with Crippen molar-refractivity contribution in [2.45, 2.75) is 13.1 Å². The number of aromatic amines is 1. The first kappa shape index (κ1) is 14.9. The Balaban J connectivity index is 2.41. The summed E-state index contributed by atoms with van der Waals surface area (Å²) in [5.74, 6) is -0.0550. The average molecular weight is 299 g/mol. The Morgan fingerprint density at radius 3 is 2.67 bits per heavy atom. The van der Waals surface area contributed by atoms with Crippen LogP contribution in [0.1, 0.15) is 11.3 Å². The zero-order valence-electron chi connectivity index (χ0n) is 11.2. The van der Waals surface area contributed by atoms with E-state index >= 15 is 0 Å². The van der Waals surface area contributed by atoms with Gasteiger partial charge in [-0.3, -0.25) is 4.79 Å². The fourth-order valence-electron chi connectivity index (χ4n) is 1.68. The Labute approximate surface area is 117 Å². The van der Waals surface area contributed by atoms with Crippen LogP contribution in [-0.4, -0.2) is 17.1 Å². The zero-order chi connectivity index (χ0) is 15.6. The normalized spacial score (nSPS) is 11.3. The first-order valence-electron chi connectivity index (χ1n) is 5.90. The van der Waals surface area contributed by atoms with Crippen LogP contribution in [0.2, 0.25) is 0 Å². The van der Waals surface area contributed by atoms with Crippen molar-refractivity contribution in [3.05, 3.63) is 46.0 Å². The predicted molar refractivity (Wildman–Crippen MR) is 70.9 cm³/mol. The maximum Gasteiger partial charge on any atom is 0.416 e. The number of rotatable bonds is 3. The van der Waals surface area contributed by atoms with Gasteiger partial charge in [0.15, 0.2) is 5.82 Å². The summed E-state index contributed by atoms with van der Waals surface area (Å²) in [6, 6.07) is 2.94. The maximum absolute atomic E-state index is 12.6. The summed E-state index contributed by atoms with van der Waals surface area (Å²) in [7, 11) is 1.24. The lowest BCUT2D eigenvalue weighted by atomic mass is 10.2. The van der Waals surface area contributed by atoms with Crippen molar-refractivity contribution < 1.29 is 17.9 Å². The van der Waals surface area contributed by atoms with Crippen LogP contribution >= 0.6 is 0 Å². The summed E-state index contributed by atoms with van der Waals surface area (Å²) in [5, 5.41) is 2.66. The van der Waals surface area contributed by atoms with Gasteiger partial charge in [0, 0.05) is 6.20 Å². The minimum absolute atomic E-state index is 0.0203. The molecule has 0 bridgehead atoms. The predicted octanol–water partition coefficient (Wildman–Crippen LogP) is 2.85. The minimum atomic E-state index is -4.47. The van der Waals surface area contributed by atoms with Crippen molar-refractivity contribution in [1.82, 2.24) is 9.97 Å². The van der Waals surface area contributed by atoms with Crippen LogP contribution in [0.5, 0.6) is 5.75 Å². The molecule has 0 aliphatic rings. The molecule has 112 valence electrons. The van der Waals surface area contributed by atoms with E-state index in [1.807, 2.05) is 0 Å². The van der Waals surface area contributed by atoms with Crippen LogP contribution in [0.4, 0.5) is 24.7 Å². The molecule has 8 heteroatoms. The fraction of sp³-hybridized carbons (Fsp3) is 0.231. The fourth-order valence-corrected chi connectivity index (χ4v) is 1.68. The number of halogens is 3. The van der Waals surface area contributed by atoms with Gasteiger partial charge in [0.2, 0.25) is 0 Å². The largest absolute Gasteiger partial charge is 0.495 e. The van der Waals surface area contributed by atoms with Gasteiger partial charge in [0.1, 0.15) is 5.75 Å². The molecule has 1 heterocycles. The number of hydrogen-bond acceptors (Lipinski definition) is 4. The van der Waals surface area contributed by atoms with E-state index in [4.69, 9.17) is 4.74 Å². The lowest BCUT2D eigenvalue weighted by molar-refractivity contribution is -0.137. The van der Waals surface area contributed by atoms with Crippen LogP contribution in [0.15, 0.2) is 29.2 Å². The average Bonchev–Trinajstić information content (AvgIpc) is 2.42. The number of methoxy groups -OCH3 is 1. The van der Waals surface area contributed by atoms with Crippen molar-refractivity contribution >= 4 is 11.5 Å². The van der Waals surface area contributed by atoms with E-state index in [1.165, 1.54) is 19.4 Å². The molecule has 0 aliphatic heterocycles. The van der Waals surface area contributed by atoms with Crippen LogP contribution in [-0.2, 0) is 6.18 Å². The molecule has 2 rings (SSSR count). The number of aromatic nitrogens is 2. The zero-order valence-corrected chi connectivity index (χ0v) is 11.2. The highest BCUT2D eigenvalue weighted by Gasteiger charge is 2.31. The summed E-state index contributed by atoms with van der Waals surface area (Å²) < 4.78 is 42.8. The van der Waals surface area contributed by atoms with Crippen molar-refractivity contribution in [2.24, 2.45) is 0 Å². The molecule has 0 radical (unpaired) electrons. The Morgan fingerprint density at radius 1 is 1.33 bits per heavy atom. The molecule has 0 saturated heterocycles. The van der Waals surface area contributed by atoms with Crippen LogP contribution < -0.4 is 15.6 Å². The summed E-state index contributed by atoms with van der Waals surface area (Å²) in [6.07, 6.45) is -3.04. The number of nitrogens with zero attached hydrogens (tertiary/aromatic N) is 1. The third kappa shape index (κ3) is 3.33. The highest BCUT2D eigenvalue weighted by atomic mass is 19.4. The summed E-state index contributed by atoms with van der Waals surface area (Å²) >= 11 is 0. The molecular weight excluding hydrogens is 287 g/mol. The number of H-pyrrole nitrogens is 1. The topological polar surface area (TPSA) is 67.0 Å². The molecular formula is C13H12F3N3O2. The van der Waals surface area contributed by atoms with Gasteiger partial charge >= 0.3 is 6.18 Å². The maximum atomic E-state index is 12.6. The Hall–Kier alpha value is -2.51. The highest BCUT2D eigenvalue weighted by Crippen LogP contribution is 2.35. The molecule has 2 aromatic rings. The second kappa shape index (κ2) is 5.47. The molecule has 0 aliphatic carbocycles. The quantitative estimate of drug-likeness (QED) is 0.914. The molecule has 0 atom stereocenters. The molecule has 1 aromatic heterocycles. The van der Waals surface area contributed by atoms with E-state index in [1.54, 1.807) is 6.92 Å². The van der Waals surface area contributed by atoms with Crippen molar-refractivity contribution in [2.75, 3.05) is 12.4 Å². The summed E-state index contributed by atoms with van der Waals surface area (Å²) in [6.45, 7) is 1.67. The van der Waals surface area contributed by atoms with E-state index in [9.17, 15) is 18.0 Å². The summed E-state index contributed by atoms with van der Waals surface area (Å²) in [5.41, 5.74) is -0.546. The third-order valence-corrected chi connectivity index (χ3v) is 2.70. The number of alkyl halides is 3. The SMILES string of the molecule is COc1cc(C(F)(F)F)ccc1Nc1nc(C)c[nH]c1=O. The lowest BCUT2D eigenvalue weighted by Crippen LogP contribution is -2.14. The van der Waals surface area contributed by atoms with Crippen LogP contribution in [0.25, 0.3) is 0 Å².